The number of Topliss-reactive ketones (excluding diaryl/α,β-unsaturated/α-hetero) is 1. The summed E-state index contributed by atoms with van der Waals surface area (Å²) in [7, 11) is 0. The number of ether oxygens (including phenoxy) is 1. The highest BCUT2D eigenvalue weighted by Gasteiger charge is 2.06. The van der Waals surface area contributed by atoms with Gasteiger partial charge >= 0.3 is 0 Å². The minimum atomic E-state index is 0.0624. The molecule has 0 aliphatic carbocycles. The predicted molar refractivity (Wildman–Crippen MR) is 88.1 cm³/mol. The molecule has 0 spiro atoms. The number of unbranched alkanes of at least 4 members (excludes halogenated alkanes) is 6. The molecule has 0 fully saturated rings. The Morgan fingerprint density at radius 1 is 1.00 bits per heavy atom. The van der Waals surface area contributed by atoms with Crippen LogP contribution in [0.15, 0.2) is 24.3 Å². The lowest BCUT2D eigenvalue weighted by molar-refractivity contribution is 0.101. The third kappa shape index (κ3) is 7.09. The van der Waals surface area contributed by atoms with E-state index >= 15 is 0 Å². The molecule has 0 aliphatic heterocycles. The number of hydrogen-bond donors (Lipinski definition) is 0. The van der Waals surface area contributed by atoms with Crippen LogP contribution in [-0.4, -0.2) is 17.7 Å². The third-order valence-electron chi connectivity index (χ3n) is 3.30. The summed E-state index contributed by atoms with van der Waals surface area (Å²) in [4.78, 5) is 11.4. The van der Waals surface area contributed by atoms with Crippen molar-refractivity contribution in [2.75, 3.05) is 11.9 Å². The molecular formula is C17H25BrO2. The second-order valence-corrected chi connectivity index (χ2v) is 5.86. The molecule has 0 amide bonds. The van der Waals surface area contributed by atoms with E-state index in [9.17, 15) is 4.79 Å². The second kappa shape index (κ2) is 10.9. The molecule has 1 aromatic carbocycles. The number of alkyl halides is 1. The molecule has 20 heavy (non-hydrogen) atoms. The average molecular weight is 341 g/mol. The summed E-state index contributed by atoms with van der Waals surface area (Å²) in [6.45, 7) is 2.28. The molecule has 3 heteroatoms. The van der Waals surface area contributed by atoms with Crippen LogP contribution >= 0.6 is 15.9 Å². The summed E-state index contributed by atoms with van der Waals surface area (Å²) in [5.41, 5.74) is 0.683. The van der Waals surface area contributed by atoms with Gasteiger partial charge in [-0.2, -0.15) is 0 Å². The zero-order valence-electron chi connectivity index (χ0n) is 12.4. The van der Waals surface area contributed by atoms with Crippen LogP contribution in [0.4, 0.5) is 0 Å². The van der Waals surface area contributed by atoms with E-state index in [1.165, 1.54) is 38.5 Å². The smallest absolute Gasteiger partial charge is 0.163 e. The molecule has 0 atom stereocenters. The van der Waals surface area contributed by atoms with Gasteiger partial charge in [0.2, 0.25) is 0 Å². The summed E-state index contributed by atoms with van der Waals surface area (Å²) >= 11 is 3.45. The van der Waals surface area contributed by atoms with Crippen LogP contribution in [0, 0.1) is 0 Å². The molecule has 0 unspecified atom stereocenters. The van der Waals surface area contributed by atoms with Crippen molar-refractivity contribution in [1.82, 2.24) is 0 Å². The highest BCUT2D eigenvalue weighted by atomic mass is 79.9. The van der Waals surface area contributed by atoms with E-state index in [1.807, 2.05) is 24.3 Å². The maximum Gasteiger partial charge on any atom is 0.163 e. The molecule has 0 heterocycles. The molecule has 2 nitrogen and oxygen atoms in total. The first kappa shape index (κ1) is 17.2. The maximum atomic E-state index is 11.4. The summed E-state index contributed by atoms with van der Waals surface area (Å²) in [6, 6.07) is 7.47. The first-order valence-electron chi connectivity index (χ1n) is 7.54. The van der Waals surface area contributed by atoms with Crippen molar-refractivity contribution < 1.29 is 9.53 Å². The van der Waals surface area contributed by atoms with E-state index in [4.69, 9.17) is 4.74 Å². The van der Waals surface area contributed by atoms with Crippen molar-refractivity contribution >= 4 is 21.7 Å². The lowest BCUT2D eigenvalue weighted by atomic mass is 10.1. The minimum Gasteiger partial charge on any atom is -0.493 e. The Bertz CT molecular complexity index is 390. The summed E-state index contributed by atoms with van der Waals surface area (Å²) in [6.07, 6.45) is 8.80. The Labute approximate surface area is 131 Å². The lowest BCUT2D eigenvalue weighted by Gasteiger charge is -2.09. The summed E-state index contributed by atoms with van der Waals surface area (Å²) in [5.74, 6) is 0.782. The SMILES string of the molecule is CC(=O)c1ccccc1OCCCCCCCCCBr. The van der Waals surface area contributed by atoms with Crippen LogP contribution < -0.4 is 4.74 Å². The molecule has 0 saturated carbocycles. The van der Waals surface area contributed by atoms with E-state index in [0.29, 0.717) is 12.2 Å². The number of carbonyl (C=O) groups excluding carboxylic acids is 1. The van der Waals surface area contributed by atoms with Crippen molar-refractivity contribution in [3.8, 4) is 5.75 Å². The molecule has 112 valence electrons. The lowest BCUT2D eigenvalue weighted by Crippen LogP contribution is -2.02. The van der Waals surface area contributed by atoms with E-state index < -0.39 is 0 Å². The largest absolute Gasteiger partial charge is 0.493 e. The van der Waals surface area contributed by atoms with Crippen LogP contribution in [0.1, 0.15) is 62.2 Å². The predicted octanol–water partition coefficient (Wildman–Crippen LogP) is 5.39. The maximum absolute atomic E-state index is 11.4. The van der Waals surface area contributed by atoms with Gasteiger partial charge < -0.3 is 4.74 Å². The quantitative estimate of drug-likeness (QED) is 0.306. The normalized spacial score (nSPS) is 10.5. The first-order valence-corrected chi connectivity index (χ1v) is 8.66. The van der Waals surface area contributed by atoms with Crippen LogP contribution in [-0.2, 0) is 0 Å². The molecule has 0 radical (unpaired) electrons. The van der Waals surface area contributed by atoms with Crippen LogP contribution in [0.2, 0.25) is 0 Å². The fourth-order valence-corrected chi connectivity index (χ4v) is 2.54. The van der Waals surface area contributed by atoms with Crippen LogP contribution in [0.3, 0.4) is 0 Å². The van der Waals surface area contributed by atoms with Gasteiger partial charge in [0.1, 0.15) is 5.75 Å². The van der Waals surface area contributed by atoms with Crippen LogP contribution in [0.5, 0.6) is 5.75 Å². The Kier molecular flexibility index (Phi) is 9.38. The van der Waals surface area contributed by atoms with Crippen molar-refractivity contribution in [3.05, 3.63) is 29.8 Å². The van der Waals surface area contributed by atoms with E-state index in [0.717, 1.165) is 17.5 Å². The minimum absolute atomic E-state index is 0.0624. The molecule has 0 aliphatic rings. The summed E-state index contributed by atoms with van der Waals surface area (Å²) < 4.78 is 5.72. The van der Waals surface area contributed by atoms with E-state index in [1.54, 1.807) is 6.92 Å². The Hall–Kier alpha value is -0.830. The number of ketones is 1. The van der Waals surface area contributed by atoms with Gasteiger partial charge in [0.25, 0.3) is 0 Å². The fraction of sp³-hybridized carbons (Fsp3) is 0.588. The molecular weight excluding hydrogens is 316 g/mol. The monoisotopic (exact) mass is 340 g/mol. The number of carbonyl (C=O) groups is 1. The number of para-hydroxylation sites is 1. The third-order valence-corrected chi connectivity index (χ3v) is 3.86. The zero-order valence-corrected chi connectivity index (χ0v) is 14.0. The number of hydrogen-bond acceptors (Lipinski definition) is 2. The Morgan fingerprint density at radius 2 is 1.60 bits per heavy atom. The van der Waals surface area contributed by atoms with Gasteiger partial charge in [-0.25, -0.2) is 0 Å². The van der Waals surface area contributed by atoms with Crippen molar-refractivity contribution in [2.45, 2.75) is 51.9 Å². The number of rotatable bonds is 11. The molecule has 1 aromatic rings. The van der Waals surface area contributed by atoms with Gasteiger partial charge in [-0.1, -0.05) is 60.2 Å². The highest BCUT2D eigenvalue weighted by Crippen LogP contribution is 2.19. The van der Waals surface area contributed by atoms with Gasteiger partial charge in [-0.3, -0.25) is 4.79 Å². The number of halogens is 1. The van der Waals surface area contributed by atoms with Gasteiger partial charge in [0.15, 0.2) is 5.78 Å². The molecule has 0 aromatic heterocycles. The number of benzene rings is 1. The molecule has 0 bridgehead atoms. The zero-order chi connectivity index (χ0) is 14.6. The topological polar surface area (TPSA) is 26.3 Å². The van der Waals surface area contributed by atoms with E-state index in [-0.39, 0.29) is 5.78 Å². The van der Waals surface area contributed by atoms with Crippen molar-refractivity contribution in [3.63, 3.8) is 0 Å². The first-order chi connectivity index (χ1) is 9.75. The van der Waals surface area contributed by atoms with Crippen molar-refractivity contribution in [2.24, 2.45) is 0 Å². The van der Waals surface area contributed by atoms with Gasteiger partial charge in [-0.05, 0) is 31.9 Å². The summed E-state index contributed by atoms with van der Waals surface area (Å²) in [5, 5.41) is 1.12. The van der Waals surface area contributed by atoms with Crippen LogP contribution in [0.25, 0.3) is 0 Å². The average Bonchev–Trinajstić information content (AvgIpc) is 2.46. The standard InChI is InChI=1S/C17H25BrO2/c1-15(19)16-11-7-8-12-17(16)20-14-10-6-4-2-3-5-9-13-18/h7-8,11-12H,2-6,9-10,13-14H2,1H3. The van der Waals surface area contributed by atoms with E-state index in [2.05, 4.69) is 15.9 Å². The van der Waals surface area contributed by atoms with Crippen molar-refractivity contribution in [1.29, 1.82) is 0 Å². The Morgan fingerprint density at radius 3 is 2.25 bits per heavy atom. The Balaban J connectivity index is 2.11. The van der Waals surface area contributed by atoms with Gasteiger partial charge in [-0.15, -0.1) is 0 Å². The second-order valence-electron chi connectivity index (χ2n) is 5.06. The molecule has 1 rings (SSSR count). The highest BCUT2D eigenvalue weighted by molar-refractivity contribution is 9.09. The molecule has 0 N–H and O–H groups in total. The fourth-order valence-electron chi connectivity index (χ4n) is 2.15. The van der Waals surface area contributed by atoms with Gasteiger partial charge in [0.05, 0.1) is 12.2 Å². The van der Waals surface area contributed by atoms with Gasteiger partial charge in [0, 0.05) is 5.33 Å². The molecule has 0 saturated heterocycles.